The fourth-order valence-corrected chi connectivity index (χ4v) is 3.00. The molecule has 0 saturated heterocycles. The standard InChI is InChI=1S/C17H24N6O2/c1-13-4-2-3-5-15(13)25-9-8-19-17(24)22-14-6-7-16(20-10-14)23-12-18-11-21-23/h6-7,10-13,15H,2-5,8-9H2,1H3,(H2,19,22,24)/t13-,15+/m1/s1. The first-order valence-corrected chi connectivity index (χ1v) is 8.70. The van der Waals surface area contributed by atoms with Crippen LogP contribution >= 0.6 is 0 Å². The third kappa shape index (κ3) is 4.99. The molecule has 0 aromatic carbocycles. The first-order chi connectivity index (χ1) is 12.2. The molecule has 2 aromatic heterocycles. The number of amides is 2. The smallest absolute Gasteiger partial charge is 0.319 e. The average molecular weight is 344 g/mol. The van der Waals surface area contributed by atoms with Gasteiger partial charge < -0.3 is 15.4 Å². The van der Waals surface area contributed by atoms with Gasteiger partial charge in [0.05, 0.1) is 24.6 Å². The van der Waals surface area contributed by atoms with Gasteiger partial charge in [-0.2, -0.15) is 5.10 Å². The van der Waals surface area contributed by atoms with Crippen molar-refractivity contribution >= 4 is 11.7 Å². The van der Waals surface area contributed by atoms with Gasteiger partial charge in [0.1, 0.15) is 12.7 Å². The molecule has 8 nitrogen and oxygen atoms in total. The Hall–Kier alpha value is -2.48. The maximum atomic E-state index is 11.9. The Bertz CT molecular complexity index is 658. The number of urea groups is 1. The molecule has 1 fully saturated rings. The minimum atomic E-state index is -0.268. The molecular formula is C17H24N6O2. The topological polar surface area (TPSA) is 94.0 Å². The summed E-state index contributed by atoms with van der Waals surface area (Å²) in [4.78, 5) is 20.0. The fourth-order valence-electron chi connectivity index (χ4n) is 3.00. The number of ether oxygens (including phenoxy) is 1. The number of hydrogen-bond acceptors (Lipinski definition) is 5. The number of anilines is 1. The Kier molecular flexibility index (Phi) is 5.95. The van der Waals surface area contributed by atoms with E-state index in [0.717, 1.165) is 6.42 Å². The molecule has 2 amide bonds. The van der Waals surface area contributed by atoms with Crippen molar-refractivity contribution in [1.82, 2.24) is 25.1 Å². The molecule has 2 heterocycles. The van der Waals surface area contributed by atoms with Crippen LogP contribution in [0.1, 0.15) is 32.6 Å². The lowest BCUT2D eigenvalue weighted by Gasteiger charge is -2.28. The van der Waals surface area contributed by atoms with Crippen molar-refractivity contribution in [2.75, 3.05) is 18.5 Å². The molecule has 2 N–H and O–H groups in total. The van der Waals surface area contributed by atoms with Crippen LogP contribution in [0.25, 0.3) is 5.82 Å². The van der Waals surface area contributed by atoms with Crippen LogP contribution in [0.3, 0.4) is 0 Å². The summed E-state index contributed by atoms with van der Waals surface area (Å²) in [7, 11) is 0. The molecule has 1 aliphatic carbocycles. The van der Waals surface area contributed by atoms with Crippen molar-refractivity contribution in [1.29, 1.82) is 0 Å². The number of pyridine rings is 1. The Morgan fingerprint density at radius 2 is 2.24 bits per heavy atom. The zero-order valence-corrected chi connectivity index (χ0v) is 14.4. The lowest BCUT2D eigenvalue weighted by molar-refractivity contribution is -0.00232. The summed E-state index contributed by atoms with van der Waals surface area (Å²) in [5, 5.41) is 9.55. The van der Waals surface area contributed by atoms with Gasteiger partial charge in [0.15, 0.2) is 5.82 Å². The van der Waals surface area contributed by atoms with Gasteiger partial charge in [-0.15, -0.1) is 0 Å². The largest absolute Gasteiger partial charge is 0.376 e. The van der Waals surface area contributed by atoms with Gasteiger partial charge in [0, 0.05) is 6.54 Å². The minimum Gasteiger partial charge on any atom is -0.376 e. The Labute approximate surface area is 147 Å². The molecule has 0 bridgehead atoms. The lowest BCUT2D eigenvalue weighted by atomic mass is 9.88. The molecule has 2 atom stereocenters. The van der Waals surface area contributed by atoms with Crippen molar-refractivity contribution in [3.63, 3.8) is 0 Å². The summed E-state index contributed by atoms with van der Waals surface area (Å²) in [6.07, 6.45) is 9.80. The Balaban J connectivity index is 1.37. The van der Waals surface area contributed by atoms with E-state index in [9.17, 15) is 4.79 Å². The highest BCUT2D eigenvalue weighted by Gasteiger charge is 2.21. The first-order valence-electron chi connectivity index (χ1n) is 8.70. The van der Waals surface area contributed by atoms with Crippen LogP contribution in [0.5, 0.6) is 0 Å². The van der Waals surface area contributed by atoms with Gasteiger partial charge in [-0.05, 0) is 30.9 Å². The maximum absolute atomic E-state index is 11.9. The third-order valence-corrected chi connectivity index (χ3v) is 4.41. The van der Waals surface area contributed by atoms with Crippen molar-refractivity contribution in [3.8, 4) is 5.82 Å². The number of hydrogen-bond donors (Lipinski definition) is 2. The van der Waals surface area contributed by atoms with Crippen molar-refractivity contribution in [2.45, 2.75) is 38.7 Å². The van der Waals surface area contributed by atoms with E-state index in [-0.39, 0.29) is 6.03 Å². The van der Waals surface area contributed by atoms with Gasteiger partial charge in [0.2, 0.25) is 0 Å². The summed E-state index contributed by atoms with van der Waals surface area (Å²) in [5.41, 5.74) is 0.614. The van der Waals surface area contributed by atoms with Gasteiger partial charge >= 0.3 is 6.03 Å². The van der Waals surface area contributed by atoms with E-state index >= 15 is 0 Å². The Morgan fingerprint density at radius 3 is 2.96 bits per heavy atom. The van der Waals surface area contributed by atoms with Gasteiger partial charge in [-0.25, -0.2) is 19.4 Å². The minimum absolute atomic E-state index is 0.268. The highest BCUT2D eigenvalue weighted by Crippen LogP contribution is 2.25. The number of nitrogens with one attached hydrogen (secondary N) is 2. The fraction of sp³-hybridized carbons (Fsp3) is 0.529. The summed E-state index contributed by atoms with van der Waals surface area (Å²) in [6, 6.07) is 3.26. The van der Waals surface area contributed by atoms with Gasteiger partial charge in [-0.1, -0.05) is 19.8 Å². The number of nitrogens with zero attached hydrogens (tertiary/aromatic N) is 4. The van der Waals surface area contributed by atoms with Crippen LogP contribution in [0.2, 0.25) is 0 Å². The molecule has 25 heavy (non-hydrogen) atoms. The molecule has 3 rings (SSSR count). The van der Waals surface area contributed by atoms with E-state index in [4.69, 9.17) is 4.74 Å². The van der Waals surface area contributed by atoms with E-state index in [1.54, 1.807) is 29.3 Å². The molecule has 134 valence electrons. The van der Waals surface area contributed by atoms with Crippen molar-refractivity contribution in [2.24, 2.45) is 5.92 Å². The van der Waals surface area contributed by atoms with Crippen LogP contribution in [-0.2, 0) is 4.74 Å². The van der Waals surface area contributed by atoms with E-state index in [0.29, 0.717) is 36.7 Å². The molecule has 1 saturated carbocycles. The van der Waals surface area contributed by atoms with Crippen LogP contribution < -0.4 is 10.6 Å². The van der Waals surface area contributed by atoms with Gasteiger partial charge in [-0.3, -0.25) is 0 Å². The zero-order chi connectivity index (χ0) is 17.5. The second-order valence-electron chi connectivity index (χ2n) is 6.30. The molecule has 1 aliphatic rings. The quantitative estimate of drug-likeness (QED) is 0.785. The second-order valence-corrected chi connectivity index (χ2v) is 6.30. The molecule has 0 unspecified atom stereocenters. The lowest BCUT2D eigenvalue weighted by Crippen LogP contribution is -2.34. The number of rotatable bonds is 6. The summed E-state index contributed by atoms with van der Waals surface area (Å²) in [5.74, 6) is 1.25. The number of carbonyl (C=O) groups excluding carboxylic acids is 1. The third-order valence-electron chi connectivity index (χ3n) is 4.41. The summed E-state index contributed by atoms with van der Waals surface area (Å²) < 4.78 is 7.43. The average Bonchev–Trinajstić information content (AvgIpc) is 3.15. The highest BCUT2D eigenvalue weighted by atomic mass is 16.5. The van der Waals surface area contributed by atoms with Crippen LogP contribution in [-0.4, -0.2) is 45.0 Å². The molecular weight excluding hydrogens is 320 g/mol. The molecule has 8 heteroatoms. The summed E-state index contributed by atoms with van der Waals surface area (Å²) in [6.45, 7) is 3.26. The van der Waals surface area contributed by atoms with Crippen LogP contribution in [0.15, 0.2) is 31.0 Å². The van der Waals surface area contributed by atoms with Crippen LogP contribution in [0.4, 0.5) is 10.5 Å². The maximum Gasteiger partial charge on any atom is 0.319 e. The SMILES string of the molecule is C[C@@H]1CCCC[C@@H]1OCCNC(=O)Nc1ccc(-n2cncn2)nc1. The summed E-state index contributed by atoms with van der Waals surface area (Å²) >= 11 is 0. The van der Waals surface area contributed by atoms with Gasteiger partial charge in [0.25, 0.3) is 0 Å². The van der Waals surface area contributed by atoms with E-state index in [1.165, 1.54) is 25.6 Å². The predicted molar refractivity (Wildman–Crippen MR) is 93.5 cm³/mol. The molecule has 0 aliphatic heterocycles. The highest BCUT2D eigenvalue weighted by molar-refractivity contribution is 5.89. The van der Waals surface area contributed by atoms with E-state index < -0.39 is 0 Å². The van der Waals surface area contributed by atoms with Crippen LogP contribution in [0, 0.1) is 5.92 Å². The van der Waals surface area contributed by atoms with Crippen molar-refractivity contribution < 1.29 is 9.53 Å². The zero-order valence-electron chi connectivity index (χ0n) is 14.4. The molecule has 0 radical (unpaired) electrons. The normalized spacial score (nSPS) is 20.2. The molecule has 0 spiro atoms. The Morgan fingerprint density at radius 1 is 1.36 bits per heavy atom. The monoisotopic (exact) mass is 344 g/mol. The van der Waals surface area contributed by atoms with Crippen molar-refractivity contribution in [3.05, 3.63) is 31.0 Å². The van der Waals surface area contributed by atoms with E-state index in [1.807, 2.05) is 0 Å². The second kappa shape index (κ2) is 8.57. The molecule has 2 aromatic rings. The predicted octanol–water partition coefficient (Wildman–Crippen LogP) is 2.38. The first kappa shape index (κ1) is 17.3. The van der Waals surface area contributed by atoms with E-state index in [2.05, 4.69) is 32.6 Å². The number of carbonyl (C=O) groups is 1. The number of aromatic nitrogens is 4.